The van der Waals surface area contributed by atoms with Crippen LogP contribution >= 0.6 is 15.9 Å². The van der Waals surface area contributed by atoms with Crippen molar-refractivity contribution in [2.75, 3.05) is 6.61 Å². The standard InChI is InChI=1S/C14H21BrO3/c1-9(2)14(4,17)8-18-13-7-11(15)5-6-12(13)10(3)16/h5-7,9-10,16-17H,8H2,1-4H3. The molecular formula is C14H21BrO3. The Bertz CT molecular complexity index is 400. The van der Waals surface area contributed by atoms with Gasteiger partial charge in [0.05, 0.1) is 11.7 Å². The fraction of sp³-hybridized carbons (Fsp3) is 0.571. The van der Waals surface area contributed by atoms with Crippen molar-refractivity contribution in [2.45, 2.75) is 39.4 Å². The number of hydrogen-bond acceptors (Lipinski definition) is 3. The first-order chi connectivity index (χ1) is 8.24. The Labute approximate surface area is 117 Å². The van der Waals surface area contributed by atoms with E-state index in [1.807, 2.05) is 26.0 Å². The second kappa shape index (κ2) is 6.04. The Morgan fingerprint density at radius 3 is 2.44 bits per heavy atom. The monoisotopic (exact) mass is 316 g/mol. The zero-order valence-electron chi connectivity index (χ0n) is 11.3. The zero-order valence-corrected chi connectivity index (χ0v) is 12.9. The van der Waals surface area contributed by atoms with Crippen molar-refractivity contribution in [1.82, 2.24) is 0 Å². The molecule has 2 atom stereocenters. The van der Waals surface area contributed by atoms with E-state index in [2.05, 4.69) is 15.9 Å². The topological polar surface area (TPSA) is 49.7 Å². The van der Waals surface area contributed by atoms with Crippen molar-refractivity contribution in [3.05, 3.63) is 28.2 Å². The molecular weight excluding hydrogens is 296 g/mol. The predicted octanol–water partition coefficient (Wildman–Crippen LogP) is 3.29. The molecule has 0 heterocycles. The highest BCUT2D eigenvalue weighted by atomic mass is 79.9. The predicted molar refractivity (Wildman–Crippen MR) is 75.7 cm³/mol. The van der Waals surface area contributed by atoms with E-state index in [0.29, 0.717) is 5.75 Å². The highest BCUT2D eigenvalue weighted by Crippen LogP contribution is 2.30. The summed E-state index contributed by atoms with van der Waals surface area (Å²) in [6, 6.07) is 5.47. The van der Waals surface area contributed by atoms with E-state index in [1.165, 1.54) is 0 Å². The molecule has 1 aromatic carbocycles. The highest BCUT2D eigenvalue weighted by Gasteiger charge is 2.26. The van der Waals surface area contributed by atoms with E-state index >= 15 is 0 Å². The Balaban J connectivity index is 2.87. The molecule has 0 spiro atoms. The van der Waals surface area contributed by atoms with Crippen LogP contribution < -0.4 is 4.74 Å². The Hall–Kier alpha value is -0.580. The number of hydrogen-bond donors (Lipinski definition) is 2. The lowest BCUT2D eigenvalue weighted by Gasteiger charge is -2.28. The minimum absolute atomic E-state index is 0.0969. The first-order valence-electron chi connectivity index (χ1n) is 6.06. The van der Waals surface area contributed by atoms with Crippen molar-refractivity contribution in [3.8, 4) is 5.75 Å². The summed E-state index contributed by atoms with van der Waals surface area (Å²) in [4.78, 5) is 0. The van der Waals surface area contributed by atoms with Gasteiger partial charge in [-0.25, -0.2) is 0 Å². The molecule has 0 aliphatic rings. The Kier molecular flexibility index (Phi) is 5.20. The number of rotatable bonds is 5. The van der Waals surface area contributed by atoms with Crippen LogP contribution in [0.5, 0.6) is 5.75 Å². The van der Waals surface area contributed by atoms with Crippen LogP contribution in [0.15, 0.2) is 22.7 Å². The molecule has 0 aromatic heterocycles. The molecule has 2 unspecified atom stereocenters. The van der Waals surface area contributed by atoms with Crippen LogP contribution in [-0.4, -0.2) is 22.4 Å². The second-order valence-corrected chi connectivity index (χ2v) is 6.07. The van der Waals surface area contributed by atoms with E-state index in [-0.39, 0.29) is 12.5 Å². The van der Waals surface area contributed by atoms with Gasteiger partial charge >= 0.3 is 0 Å². The SMILES string of the molecule is CC(O)c1ccc(Br)cc1OCC(C)(O)C(C)C. The van der Waals surface area contributed by atoms with E-state index < -0.39 is 11.7 Å². The van der Waals surface area contributed by atoms with Crippen LogP contribution in [0.1, 0.15) is 39.4 Å². The van der Waals surface area contributed by atoms with Gasteiger partial charge in [0, 0.05) is 10.0 Å². The number of aliphatic hydroxyl groups is 2. The maximum absolute atomic E-state index is 10.2. The summed E-state index contributed by atoms with van der Waals surface area (Å²) in [6.45, 7) is 7.52. The minimum Gasteiger partial charge on any atom is -0.490 e. The minimum atomic E-state index is -0.891. The van der Waals surface area contributed by atoms with Crippen molar-refractivity contribution in [2.24, 2.45) is 5.92 Å². The molecule has 0 radical (unpaired) electrons. The average molecular weight is 317 g/mol. The summed E-state index contributed by atoms with van der Waals surface area (Å²) in [5, 5.41) is 19.8. The van der Waals surface area contributed by atoms with Gasteiger partial charge < -0.3 is 14.9 Å². The highest BCUT2D eigenvalue weighted by molar-refractivity contribution is 9.10. The van der Waals surface area contributed by atoms with Gasteiger partial charge in [-0.2, -0.15) is 0 Å². The normalized spacial score (nSPS) is 16.4. The molecule has 0 aliphatic heterocycles. The average Bonchev–Trinajstić information content (AvgIpc) is 2.26. The summed E-state index contributed by atoms with van der Waals surface area (Å²) in [5.41, 5.74) is -0.170. The van der Waals surface area contributed by atoms with Gasteiger partial charge in [0.15, 0.2) is 0 Å². The van der Waals surface area contributed by atoms with Crippen molar-refractivity contribution in [1.29, 1.82) is 0 Å². The van der Waals surface area contributed by atoms with E-state index in [9.17, 15) is 10.2 Å². The Morgan fingerprint density at radius 2 is 1.94 bits per heavy atom. The maximum Gasteiger partial charge on any atom is 0.126 e. The van der Waals surface area contributed by atoms with Gasteiger partial charge in [0.25, 0.3) is 0 Å². The zero-order chi connectivity index (χ0) is 13.9. The summed E-state index contributed by atoms with van der Waals surface area (Å²) in [7, 11) is 0. The fourth-order valence-corrected chi connectivity index (χ4v) is 1.71. The Morgan fingerprint density at radius 1 is 1.33 bits per heavy atom. The molecule has 0 saturated carbocycles. The van der Waals surface area contributed by atoms with Crippen molar-refractivity contribution >= 4 is 15.9 Å². The molecule has 102 valence electrons. The number of benzene rings is 1. The molecule has 0 amide bonds. The molecule has 0 saturated heterocycles. The van der Waals surface area contributed by atoms with Gasteiger partial charge in [0.2, 0.25) is 0 Å². The number of halogens is 1. The first kappa shape index (κ1) is 15.5. The van der Waals surface area contributed by atoms with Gasteiger partial charge in [-0.1, -0.05) is 35.8 Å². The van der Waals surface area contributed by atoms with Crippen LogP contribution in [0.4, 0.5) is 0 Å². The molecule has 1 rings (SSSR count). The van der Waals surface area contributed by atoms with E-state index in [1.54, 1.807) is 19.9 Å². The van der Waals surface area contributed by atoms with Gasteiger partial charge in [0.1, 0.15) is 12.4 Å². The van der Waals surface area contributed by atoms with E-state index in [4.69, 9.17) is 4.74 Å². The third kappa shape index (κ3) is 3.97. The van der Waals surface area contributed by atoms with E-state index in [0.717, 1.165) is 10.0 Å². The largest absolute Gasteiger partial charge is 0.490 e. The maximum atomic E-state index is 10.2. The molecule has 2 N–H and O–H groups in total. The number of aliphatic hydroxyl groups excluding tert-OH is 1. The summed E-state index contributed by atoms with van der Waals surface area (Å²) >= 11 is 3.37. The van der Waals surface area contributed by atoms with Crippen LogP contribution in [-0.2, 0) is 0 Å². The summed E-state index contributed by atoms with van der Waals surface area (Å²) in [6.07, 6.45) is -0.600. The third-order valence-electron chi connectivity index (χ3n) is 3.19. The quantitative estimate of drug-likeness (QED) is 0.876. The summed E-state index contributed by atoms with van der Waals surface area (Å²) < 4.78 is 6.55. The fourth-order valence-electron chi connectivity index (χ4n) is 1.37. The van der Waals surface area contributed by atoms with Gasteiger partial charge in [-0.05, 0) is 31.9 Å². The molecule has 0 bridgehead atoms. The smallest absolute Gasteiger partial charge is 0.126 e. The summed E-state index contributed by atoms with van der Waals surface area (Å²) in [5.74, 6) is 0.694. The van der Waals surface area contributed by atoms with Crippen molar-refractivity contribution < 1.29 is 14.9 Å². The first-order valence-corrected chi connectivity index (χ1v) is 6.86. The lowest BCUT2D eigenvalue weighted by molar-refractivity contribution is -0.0273. The van der Waals surface area contributed by atoms with Crippen LogP contribution in [0.25, 0.3) is 0 Å². The van der Waals surface area contributed by atoms with Crippen LogP contribution in [0.3, 0.4) is 0 Å². The molecule has 0 aliphatic carbocycles. The van der Waals surface area contributed by atoms with Crippen LogP contribution in [0, 0.1) is 5.92 Å². The molecule has 1 aromatic rings. The third-order valence-corrected chi connectivity index (χ3v) is 3.68. The number of ether oxygens (including phenoxy) is 1. The molecule has 3 nitrogen and oxygen atoms in total. The second-order valence-electron chi connectivity index (χ2n) is 5.16. The van der Waals surface area contributed by atoms with Gasteiger partial charge in [-0.3, -0.25) is 0 Å². The lowest BCUT2D eigenvalue weighted by Crippen LogP contribution is -2.38. The van der Waals surface area contributed by atoms with Crippen LogP contribution in [0.2, 0.25) is 0 Å². The molecule has 0 fully saturated rings. The molecule has 4 heteroatoms. The molecule has 18 heavy (non-hydrogen) atoms. The van der Waals surface area contributed by atoms with Gasteiger partial charge in [-0.15, -0.1) is 0 Å². The lowest BCUT2D eigenvalue weighted by atomic mass is 9.94. The van der Waals surface area contributed by atoms with Crippen molar-refractivity contribution in [3.63, 3.8) is 0 Å².